The normalized spacial score (nSPS) is 16.9. The molecule has 1 aliphatic rings. The summed E-state index contributed by atoms with van der Waals surface area (Å²) in [6.45, 7) is 5.20. The average molecular weight is 442 g/mol. The van der Waals surface area contributed by atoms with Gasteiger partial charge in [-0.2, -0.15) is 0 Å². The van der Waals surface area contributed by atoms with E-state index >= 15 is 0 Å². The van der Waals surface area contributed by atoms with Gasteiger partial charge in [-0.3, -0.25) is 14.5 Å². The molecule has 1 atom stereocenters. The van der Waals surface area contributed by atoms with Crippen LogP contribution >= 0.6 is 0 Å². The zero-order valence-corrected chi connectivity index (χ0v) is 18.3. The van der Waals surface area contributed by atoms with Gasteiger partial charge in [-0.25, -0.2) is 9.97 Å². The van der Waals surface area contributed by atoms with Crippen molar-refractivity contribution in [2.75, 3.05) is 4.90 Å². The number of pyridine rings is 1. The third-order valence-electron chi connectivity index (χ3n) is 5.82. The Labute approximate surface area is 189 Å². The minimum atomic E-state index is -0.964. The van der Waals surface area contributed by atoms with E-state index in [0.717, 1.165) is 5.52 Å². The Bertz CT molecular complexity index is 1480. The summed E-state index contributed by atoms with van der Waals surface area (Å²) in [7, 11) is 0. The van der Waals surface area contributed by atoms with Crippen LogP contribution in [-0.2, 0) is 9.59 Å². The molecule has 8 nitrogen and oxygen atoms in total. The fraction of sp³-hybridized carbons (Fsp3) is 0.200. The zero-order valence-electron chi connectivity index (χ0n) is 18.3. The number of nitrogens with zero attached hydrogens (tertiary/aromatic N) is 3. The highest BCUT2D eigenvalue weighted by molar-refractivity contribution is 6.17. The predicted molar refractivity (Wildman–Crippen MR) is 124 cm³/mol. The second-order valence-corrected chi connectivity index (χ2v) is 9.11. The average Bonchev–Trinajstić information content (AvgIpc) is 3.35. The first-order valence-electron chi connectivity index (χ1n) is 10.5. The molecule has 0 saturated carbocycles. The van der Waals surface area contributed by atoms with Crippen LogP contribution in [-0.4, -0.2) is 36.9 Å². The maximum Gasteiger partial charge on any atom is 0.294 e. The number of benzene rings is 2. The highest BCUT2D eigenvalue weighted by Gasteiger charge is 2.47. The third-order valence-corrected chi connectivity index (χ3v) is 5.82. The first-order valence-corrected chi connectivity index (χ1v) is 10.5. The maximum absolute atomic E-state index is 13.4. The van der Waals surface area contributed by atoms with E-state index in [9.17, 15) is 19.8 Å². The molecule has 33 heavy (non-hydrogen) atoms. The number of imidazole rings is 1. The van der Waals surface area contributed by atoms with Crippen LogP contribution in [0.25, 0.3) is 21.9 Å². The summed E-state index contributed by atoms with van der Waals surface area (Å²) >= 11 is 0. The Morgan fingerprint density at radius 1 is 1.09 bits per heavy atom. The van der Waals surface area contributed by atoms with Crippen molar-refractivity contribution in [1.29, 1.82) is 0 Å². The summed E-state index contributed by atoms with van der Waals surface area (Å²) in [4.78, 5) is 39.9. The van der Waals surface area contributed by atoms with Crippen molar-refractivity contribution in [3.63, 3.8) is 0 Å². The van der Waals surface area contributed by atoms with Crippen LogP contribution in [0.5, 0.6) is 5.75 Å². The monoisotopic (exact) mass is 442 g/mol. The largest absolute Gasteiger partial charge is 0.506 e. The highest BCUT2D eigenvalue weighted by atomic mass is 16.3. The number of ketones is 1. The van der Waals surface area contributed by atoms with E-state index in [-0.39, 0.29) is 17.1 Å². The molecule has 0 spiro atoms. The smallest absolute Gasteiger partial charge is 0.294 e. The molecule has 1 amide bonds. The van der Waals surface area contributed by atoms with E-state index in [0.29, 0.717) is 27.8 Å². The van der Waals surface area contributed by atoms with Crippen LogP contribution in [0.1, 0.15) is 32.5 Å². The first kappa shape index (κ1) is 20.7. The molecule has 4 aromatic rings. The lowest BCUT2D eigenvalue weighted by atomic mass is 9.83. The molecule has 2 aromatic carbocycles. The fourth-order valence-electron chi connectivity index (χ4n) is 4.16. The fourth-order valence-corrected chi connectivity index (χ4v) is 4.16. The number of aromatic amines is 1. The van der Waals surface area contributed by atoms with E-state index in [1.54, 1.807) is 63.5 Å². The molecule has 1 aliphatic heterocycles. The molecule has 3 heterocycles. The number of amides is 1. The van der Waals surface area contributed by atoms with E-state index in [1.165, 1.54) is 11.0 Å². The number of nitrogens with one attached hydrogen (secondary N) is 1. The van der Waals surface area contributed by atoms with Crippen molar-refractivity contribution in [2.24, 2.45) is 5.41 Å². The summed E-state index contributed by atoms with van der Waals surface area (Å²) in [6.07, 6.45) is 1.55. The summed E-state index contributed by atoms with van der Waals surface area (Å²) in [6, 6.07) is 12.8. The molecule has 3 N–H and O–H groups in total. The number of hydrogen-bond donors (Lipinski definition) is 3. The number of phenolic OH excluding ortho intramolecular Hbond substituents is 1. The summed E-state index contributed by atoms with van der Waals surface area (Å²) in [5.41, 5.74) is 1.75. The number of aromatic nitrogens is 3. The first-order chi connectivity index (χ1) is 15.7. The van der Waals surface area contributed by atoms with Crippen LogP contribution in [0, 0.1) is 5.41 Å². The third kappa shape index (κ3) is 3.22. The minimum Gasteiger partial charge on any atom is -0.506 e. The number of hydrogen-bond acceptors (Lipinski definition) is 6. The van der Waals surface area contributed by atoms with Gasteiger partial charge in [-0.1, -0.05) is 39.0 Å². The molecule has 166 valence electrons. The maximum atomic E-state index is 13.4. The number of fused-ring (bicyclic) bond motifs is 2. The lowest BCUT2D eigenvalue weighted by Gasteiger charge is -2.28. The number of phenols is 1. The number of H-pyrrole nitrogens is 1. The van der Waals surface area contributed by atoms with Crippen LogP contribution in [0.2, 0.25) is 0 Å². The van der Waals surface area contributed by atoms with Gasteiger partial charge in [-0.05, 0) is 30.3 Å². The van der Waals surface area contributed by atoms with Crippen molar-refractivity contribution in [1.82, 2.24) is 15.0 Å². The zero-order chi connectivity index (χ0) is 23.5. The lowest BCUT2D eigenvalue weighted by molar-refractivity contribution is -0.123. The summed E-state index contributed by atoms with van der Waals surface area (Å²) in [5, 5.41) is 21.9. The van der Waals surface area contributed by atoms with Crippen LogP contribution in [0.4, 0.5) is 5.69 Å². The van der Waals surface area contributed by atoms with Crippen LogP contribution < -0.4 is 4.90 Å². The SMILES string of the molecule is CC(C)(C)C(=O)C1=C(O)C(=O)N(c2ccc3nc[nH]c3c2)C1c1ccc2cccc(O)c2n1. The van der Waals surface area contributed by atoms with Gasteiger partial charge in [0.05, 0.1) is 28.6 Å². The number of anilines is 1. The van der Waals surface area contributed by atoms with Crippen molar-refractivity contribution >= 4 is 39.3 Å². The molecule has 0 aliphatic carbocycles. The Balaban J connectivity index is 1.74. The van der Waals surface area contributed by atoms with Crippen LogP contribution in [0.15, 0.2) is 66.2 Å². The molecular weight excluding hydrogens is 420 g/mol. The second-order valence-electron chi connectivity index (χ2n) is 9.11. The van der Waals surface area contributed by atoms with Crippen LogP contribution in [0.3, 0.4) is 0 Å². The number of carbonyl (C=O) groups is 2. The van der Waals surface area contributed by atoms with Crippen molar-refractivity contribution in [3.05, 3.63) is 71.9 Å². The molecule has 8 heteroatoms. The number of aliphatic hydroxyl groups excluding tert-OH is 1. The van der Waals surface area contributed by atoms with Gasteiger partial charge in [0, 0.05) is 16.5 Å². The van der Waals surface area contributed by atoms with E-state index in [4.69, 9.17) is 0 Å². The van der Waals surface area contributed by atoms with Gasteiger partial charge < -0.3 is 15.2 Å². The molecule has 1 unspecified atom stereocenters. The molecule has 2 aromatic heterocycles. The van der Waals surface area contributed by atoms with E-state index in [1.807, 2.05) is 6.07 Å². The highest BCUT2D eigenvalue weighted by Crippen LogP contribution is 2.43. The quantitative estimate of drug-likeness (QED) is 0.434. The topological polar surface area (TPSA) is 119 Å². The minimum absolute atomic E-state index is 0.0130. The number of carbonyl (C=O) groups excluding carboxylic acids is 2. The lowest BCUT2D eigenvalue weighted by Crippen LogP contribution is -2.33. The molecule has 5 rings (SSSR count). The Morgan fingerprint density at radius 3 is 2.64 bits per heavy atom. The van der Waals surface area contributed by atoms with Crippen molar-refractivity contribution < 1.29 is 19.8 Å². The molecular formula is C25H22N4O4. The molecule has 0 bridgehead atoms. The number of Topliss-reactive ketones (excluding diaryl/α,β-unsaturated/α-hetero) is 1. The standard InChI is InChI=1S/C25H22N4O4/c1-25(2,3)23(32)19-21(16-9-7-13-5-4-6-18(30)20(13)28-16)29(24(33)22(19)31)14-8-10-15-17(11-14)27-12-26-15/h4-12,21,30-31H,1-3H3,(H,26,27). The second kappa shape index (κ2) is 7.16. The molecule has 0 fully saturated rings. The molecule has 0 saturated heterocycles. The predicted octanol–water partition coefficient (Wildman–Crippen LogP) is 4.33. The van der Waals surface area contributed by atoms with Gasteiger partial charge >= 0.3 is 0 Å². The number of aromatic hydroxyl groups is 1. The Morgan fingerprint density at radius 2 is 1.88 bits per heavy atom. The van der Waals surface area contributed by atoms with Gasteiger partial charge in [0.15, 0.2) is 11.5 Å². The number of aliphatic hydroxyl groups is 1. The van der Waals surface area contributed by atoms with Gasteiger partial charge in [-0.15, -0.1) is 0 Å². The van der Waals surface area contributed by atoms with E-state index < -0.39 is 23.1 Å². The summed E-state index contributed by atoms with van der Waals surface area (Å²) in [5.74, 6) is -1.65. The Kier molecular flexibility index (Phi) is 4.49. The van der Waals surface area contributed by atoms with E-state index in [2.05, 4.69) is 15.0 Å². The molecule has 0 radical (unpaired) electrons. The summed E-state index contributed by atoms with van der Waals surface area (Å²) < 4.78 is 0. The van der Waals surface area contributed by atoms with Gasteiger partial charge in [0.2, 0.25) is 0 Å². The van der Waals surface area contributed by atoms with Gasteiger partial charge in [0.25, 0.3) is 5.91 Å². The Hall–Kier alpha value is -4.20. The van der Waals surface area contributed by atoms with Crippen molar-refractivity contribution in [3.8, 4) is 5.75 Å². The number of rotatable bonds is 3. The van der Waals surface area contributed by atoms with Gasteiger partial charge in [0.1, 0.15) is 17.3 Å². The van der Waals surface area contributed by atoms with Crippen molar-refractivity contribution in [2.45, 2.75) is 26.8 Å². The number of para-hydroxylation sites is 1.